The lowest BCUT2D eigenvalue weighted by molar-refractivity contribution is 0.669. The Morgan fingerprint density at radius 1 is 0.451 bits per heavy atom. The van der Waals surface area contributed by atoms with Crippen LogP contribution < -0.4 is 10.4 Å². The zero-order valence-corrected chi connectivity index (χ0v) is 25.7. The lowest BCUT2D eigenvalue weighted by atomic mass is 9.82. The molecule has 0 radical (unpaired) electrons. The molecule has 1 aromatic heterocycles. The van der Waals surface area contributed by atoms with Crippen LogP contribution in [0.25, 0.3) is 100 Å². The molecule has 0 fully saturated rings. The zero-order chi connectivity index (χ0) is 59.6. The molecule has 2 aliphatic carbocycles. The fraction of sp³-hybridized carbons (Fsp3) is 0.0800. The Morgan fingerprint density at radius 2 is 1.06 bits per heavy atom. The molecule has 1 nitrogen and oxygen atoms in total. The van der Waals surface area contributed by atoms with Crippen molar-refractivity contribution >= 4 is 55.6 Å². The molecule has 1 heterocycles. The summed E-state index contributed by atoms with van der Waals surface area (Å²) in [7, 11) is 0. The van der Waals surface area contributed by atoms with E-state index in [-0.39, 0.29) is 0 Å². The van der Waals surface area contributed by atoms with Crippen LogP contribution in [0.4, 0.5) is 0 Å². The Balaban J connectivity index is 1.33. The topological polar surface area (TPSA) is 13.1 Å². The minimum absolute atomic E-state index is 0.403. The maximum atomic E-state index is 9.78. The van der Waals surface area contributed by atoms with Crippen molar-refractivity contribution in [3.05, 3.63) is 167 Å². The Bertz CT molecular complexity index is 4650. The molecule has 8 aromatic carbocycles. The van der Waals surface area contributed by atoms with Crippen LogP contribution in [0.3, 0.4) is 0 Å². The summed E-state index contributed by atoms with van der Waals surface area (Å²) < 4.78 is 279. The molecule has 11 rings (SSSR count). The normalized spacial score (nSPS) is 27.9. The quantitative estimate of drug-likeness (QED) is 0.181. The molecule has 0 N–H and O–H groups in total. The van der Waals surface area contributed by atoms with E-state index in [0.717, 1.165) is 0 Å². The van der Waals surface area contributed by atoms with Gasteiger partial charge in [0, 0.05) is 16.3 Å². The molecular formula is C50H34O. The zero-order valence-electron chi connectivity index (χ0n) is 55.7. The monoisotopic (exact) mass is 680 g/mol. The van der Waals surface area contributed by atoms with Gasteiger partial charge in [-0.25, -0.2) is 0 Å². The molecule has 2 aliphatic rings. The van der Waals surface area contributed by atoms with Gasteiger partial charge >= 0.3 is 0 Å². The molecule has 0 spiro atoms. The van der Waals surface area contributed by atoms with Crippen LogP contribution in [0.5, 0.6) is 0 Å². The van der Waals surface area contributed by atoms with Crippen molar-refractivity contribution in [1.29, 1.82) is 0 Å². The summed E-state index contributed by atoms with van der Waals surface area (Å²) in [6.07, 6.45) is -7.85. The minimum Gasteiger partial charge on any atom is -0.456 e. The molecule has 0 saturated carbocycles. The van der Waals surface area contributed by atoms with Crippen LogP contribution in [0.2, 0.25) is 0 Å². The Hall–Kier alpha value is -6.18. The van der Waals surface area contributed by atoms with Crippen molar-refractivity contribution in [3.8, 4) is 44.5 Å². The third-order valence-corrected chi connectivity index (χ3v) is 8.77. The van der Waals surface area contributed by atoms with E-state index in [1.54, 1.807) is 0 Å². The fourth-order valence-electron chi connectivity index (χ4n) is 6.57. The van der Waals surface area contributed by atoms with Crippen LogP contribution in [0, 0.1) is 0 Å². The lowest BCUT2D eigenvalue weighted by Gasteiger charge is -2.22. The van der Waals surface area contributed by atoms with Crippen molar-refractivity contribution in [2.24, 2.45) is 0 Å². The number of fused-ring (bicyclic) bond motifs is 9. The van der Waals surface area contributed by atoms with Gasteiger partial charge in [-0.1, -0.05) is 139 Å². The second kappa shape index (κ2) is 11.2. The van der Waals surface area contributed by atoms with Gasteiger partial charge in [0.1, 0.15) is 11.2 Å². The van der Waals surface area contributed by atoms with Gasteiger partial charge in [-0.15, -0.1) is 0 Å². The molecule has 4 atom stereocenters. The average Bonchev–Trinajstić information content (AvgIpc) is 4.09. The Labute approximate surface area is 338 Å². The summed E-state index contributed by atoms with van der Waals surface area (Å²) in [4.78, 5) is 0. The summed E-state index contributed by atoms with van der Waals surface area (Å²) in [6.45, 7) is 0. The molecule has 0 amide bonds. The van der Waals surface area contributed by atoms with E-state index in [4.69, 9.17) is 26.3 Å². The predicted octanol–water partition coefficient (Wildman–Crippen LogP) is 12.0. The third-order valence-electron chi connectivity index (χ3n) is 8.77. The van der Waals surface area contributed by atoms with E-state index in [9.17, 15) is 19.2 Å². The van der Waals surface area contributed by atoms with Gasteiger partial charge in [-0.3, -0.25) is 0 Å². The van der Waals surface area contributed by atoms with Crippen LogP contribution in [0.15, 0.2) is 149 Å². The van der Waals surface area contributed by atoms with Crippen molar-refractivity contribution in [2.75, 3.05) is 0 Å². The standard InChI is InChI=1S/C50H34O/c1-2-12-35-30-47-45(29-34(35)11-1)50-40(18-9-19-46(50)51-47)32-20-23-33(24-21-32)48-41-14-5-7-16-43(41)49(44-17-8-6-15-42(44)48)37-26-27-39-36(28-37)25-22-31-10-3-4-13-38(31)39/h1-5,7,9-21,23-24,26-30H,6,8,22,25H2/i1D,2D,3D,4D,5D,6D,7D,8D,9D,10D,11D,12D,13D,14D,15D,16D,17D,18D,19D,20D,21D,22D,23D,24D,25D,26D,27D,28D,29D,30D. The molecule has 240 valence electrons. The second-order valence-electron chi connectivity index (χ2n) is 11.5. The summed E-state index contributed by atoms with van der Waals surface area (Å²) in [6, 6.07) is -23.2. The first-order valence-electron chi connectivity index (χ1n) is 30.8. The van der Waals surface area contributed by atoms with Crippen LogP contribution in [-0.2, 0) is 12.8 Å². The number of rotatable bonds is 3. The third kappa shape index (κ3) is 4.41. The minimum atomic E-state index is -2.04. The SMILES string of the molecule is [2H]C1=c2c(-c3c([2H])c([2H])c(-c4c([2H])c([2H])c([2H])c5oc6c([2H])c7c([2H])c([2H])c([2H])c([2H])c7c([2H])c6c45)c([2H])c3[2H])c3c([2H])c([2H])c([2H])c([2H])c3c(-c3c([2H])c([2H])c4c(c3[2H])C([2H])C([2H])c3c([2H])c([2H])c([2H])c([2H])c3-4)c2=C([2H])C([2H])C1[2H]. The lowest BCUT2D eigenvalue weighted by Crippen LogP contribution is -2.31. The largest absolute Gasteiger partial charge is 0.456 e. The van der Waals surface area contributed by atoms with Crippen LogP contribution in [-0.4, -0.2) is 0 Å². The van der Waals surface area contributed by atoms with Crippen molar-refractivity contribution in [1.82, 2.24) is 0 Å². The van der Waals surface area contributed by atoms with E-state index in [2.05, 4.69) is 0 Å². The van der Waals surface area contributed by atoms with Crippen LogP contribution in [0.1, 0.15) is 65.0 Å². The maximum Gasteiger partial charge on any atom is 0.136 e. The van der Waals surface area contributed by atoms with Crippen LogP contribution >= 0.6 is 0 Å². The molecule has 4 unspecified atom stereocenters. The van der Waals surface area contributed by atoms with Gasteiger partial charge in [0.2, 0.25) is 0 Å². The van der Waals surface area contributed by atoms with Crippen molar-refractivity contribution in [2.45, 2.75) is 25.6 Å². The highest BCUT2D eigenvalue weighted by atomic mass is 16.3. The fourth-order valence-corrected chi connectivity index (χ4v) is 6.57. The predicted molar refractivity (Wildman–Crippen MR) is 215 cm³/mol. The summed E-state index contributed by atoms with van der Waals surface area (Å²) in [5.74, 6) is 0. The second-order valence-corrected chi connectivity index (χ2v) is 11.5. The molecule has 9 aromatic rings. The number of hydrogen-bond acceptors (Lipinski definition) is 1. The Kier molecular flexibility index (Phi) is 2.62. The smallest absolute Gasteiger partial charge is 0.136 e. The highest BCUT2D eigenvalue weighted by molar-refractivity contribution is 6.15. The first-order valence-corrected chi connectivity index (χ1v) is 15.5. The molecule has 0 bridgehead atoms. The van der Waals surface area contributed by atoms with E-state index in [1.165, 1.54) is 0 Å². The van der Waals surface area contributed by atoms with Crippen molar-refractivity contribution < 1.29 is 45.5 Å². The van der Waals surface area contributed by atoms with Gasteiger partial charge in [0.25, 0.3) is 0 Å². The van der Waals surface area contributed by atoms with Gasteiger partial charge in [-0.05, 0) is 131 Å². The van der Waals surface area contributed by atoms with E-state index in [1.807, 2.05) is 0 Å². The summed E-state index contributed by atoms with van der Waals surface area (Å²) in [5.41, 5.74) is -7.70. The van der Waals surface area contributed by atoms with Gasteiger partial charge in [0.05, 0.1) is 35.6 Å². The highest BCUT2D eigenvalue weighted by Gasteiger charge is 2.20. The molecule has 1 heteroatoms. The first kappa shape index (κ1) is 12.0. The van der Waals surface area contributed by atoms with Crippen molar-refractivity contribution in [3.63, 3.8) is 0 Å². The van der Waals surface area contributed by atoms with E-state index < -0.39 is 292 Å². The van der Waals surface area contributed by atoms with Gasteiger partial charge in [-0.2, -0.15) is 0 Å². The summed E-state index contributed by atoms with van der Waals surface area (Å²) in [5, 5.41) is -4.85. The van der Waals surface area contributed by atoms with Gasteiger partial charge in [0.15, 0.2) is 0 Å². The number of furan rings is 1. The Morgan fingerprint density at radius 3 is 1.86 bits per heavy atom. The molecule has 0 aliphatic heterocycles. The molecular weight excluding hydrogens is 617 g/mol. The van der Waals surface area contributed by atoms with E-state index in [0.29, 0.717) is 0 Å². The van der Waals surface area contributed by atoms with E-state index >= 15 is 0 Å². The first-order chi connectivity index (χ1) is 37.8. The van der Waals surface area contributed by atoms with Gasteiger partial charge < -0.3 is 4.42 Å². The number of benzene rings is 8. The maximum absolute atomic E-state index is 9.78. The number of hydrogen-bond donors (Lipinski definition) is 0. The highest BCUT2D eigenvalue weighted by Crippen LogP contribution is 2.41. The summed E-state index contributed by atoms with van der Waals surface area (Å²) >= 11 is 0. The average molecular weight is 681 g/mol. The molecule has 0 saturated heterocycles. The molecule has 51 heavy (non-hydrogen) atoms.